The minimum atomic E-state index is -0.219. The van der Waals surface area contributed by atoms with E-state index in [1.807, 2.05) is 0 Å². The second-order valence-corrected chi connectivity index (χ2v) is 5.98. The van der Waals surface area contributed by atoms with E-state index in [1.165, 1.54) is 31.9 Å². The second-order valence-electron chi connectivity index (χ2n) is 5.98. The van der Waals surface area contributed by atoms with Crippen molar-refractivity contribution >= 4 is 5.69 Å². The summed E-state index contributed by atoms with van der Waals surface area (Å²) in [5, 5.41) is 3.34. The van der Waals surface area contributed by atoms with Crippen LogP contribution in [0.4, 0.5) is 10.1 Å². The second kappa shape index (κ2) is 7.64. The third kappa shape index (κ3) is 4.34. The van der Waals surface area contributed by atoms with Crippen LogP contribution in [0, 0.1) is 11.7 Å². The van der Waals surface area contributed by atoms with Crippen molar-refractivity contribution in [2.24, 2.45) is 5.92 Å². The van der Waals surface area contributed by atoms with Crippen molar-refractivity contribution in [2.75, 3.05) is 32.1 Å². The number of nitrogens with zero attached hydrogens (tertiary/aromatic N) is 1. The van der Waals surface area contributed by atoms with Gasteiger partial charge in [-0.25, -0.2) is 4.39 Å². The summed E-state index contributed by atoms with van der Waals surface area (Å²) < 4.78 is 19.1. The van der Waals surface area contributed by atoms with Gasteiger partial charge in [0.1, 0.15) is 11.6 Å². The predicted octanol–water partition coefficient (Wildman–Crippen LogP) is 3.76. The van der Waals surface area contributed by atoms with Crippen LogP contribution in [0.25, 0.3) is 0 Å². The Morgan fingerprint density at radius 1 is 1.48 bits per heavy atom. The zero-order chi connectivity index (χ0) is 15.2. The number of anilines is 1. The first-order valence-corrected chi connectivity index (χ1v) is 7.96. The third-order valence-electron chi connectivity index (χ3n) is 4.35. The number of rotatable bonds is 6. The minimum absolute atomic E-state index is 0.219. The third-order valence-corrected chi connectivity index (χ3v) is 4.35. The Balaban J connectivity index is 1.98. The minimum Gasteiger partial charge on any atom is -0.497 e. The molecule has 1 saturated heterocycles. The highest BCUT2D eigenvalue weighted by Crippen LogP contribution is 2.26. The Morgan fingerprint density at radius 2 is 2.29 bits per heavy atom. The first-order chi connectivity index (χ1) is 10.1. The van der Waals surface area contributed by atoms with E-state index in [9.17, 15) is 4.39 Å². The highest BCUT2D eigenvalue weighted by atomic mass is 19.1. The molecule has 0 aliphatic carbocycles. The van der Waals surface area contributed by atoms with E-state index in [1.54, 1.807) is 19.2 Å². The van der Waals surface area contributed by atoms with Crippen molar-refractivity contribution < 1.29 is 9.13 Å². The van der Waals surface area contributed by atoms with Crippen molar-refractivity contribution in [1.82, 2.24) is 4.90 Å². The van der Waals surface area contributed by atoms with Crippen molar-refractivity contribution in [2.45, 2.75) is 39.2 Å². The molecule has 1 N–H and O–H groups in total. The van der Waals surface area contributed by atoms with E-state index >= 15 is 0 Å². The summed E-state index contributed by atoms with van der Waals surface area (Å²) >= 11 is 0. The fourth-order valence-corrected chi connectivity index (χ4v) is 3.12. The quantitative estimate of drug-likeness (QED) is 0.864. The average Bonchev–Trinajstić information content (AvgIpc) is 2.50. The molecule has 0 bridgehead atoms. The zero-order valence-electron chi connectivity index (χ0n) is 13.4. The lowest BCUT2D eigenvalue weighted by Crippen LogP contribution is -2.42. The van der Waals surface area contributed by atoms with Crippen LogP contribution in [0.5, 0.6) is 5.75 Å². The molecule has 21 heavy (non-hydrogen) atoms. The molecule has 2 rings (SSSR count). The molecule has 1 aliphatic heterocycles. The topological polar surface area (TPSA) is 24.5 Å². The van der Waals surface area contributed by atoms with Gasteiger partial charge in [0, 0.05) is 18.7 Å². The highest BCUT2D eigenvalue weighted by molar-refractivity contribution is 5.50. The average molecular weight is 294 g/mol. The molecule has 0 spiro atoms. The molecule has 0 saturated carbocycles. The number of halogens is 1. The van der Waals surface area contributed by atoms with Gasteiger partial charge in [-0.1, -0.05) is 6.92 Å². The van der Waals surface area contributed by atoms with E-state index in [2.05, 4.69) is 24.1 Å². The van der Waals surface area contributed by atoms with Crippen LogP contribution in [0.3, 0.4) is 0 Å². The largest absolute Gasteiger partial charge is 0.497 e. The van der Waals surface area contributed by atoms with Gasteiger partial charge in [-0.2, -0.15) is 0 Å². The molecule has 1 fully saturated rings. The van der Waals surface area contributed by atoms with Gasteiger partial charge in [-0.3, -0.25) is 0 Å². The van der Waals surface area contributed by atoms with E-state index < -0.39 is 0 Å². The molecule has 2 unspecified atom stereocenters. The lowest BCUT2D eigenvalue weighted by atomic mass is 9.91. The van der Waals surface area contributed by atoms with Crippen molar-refractivity contribution in [3.05, 3.63) is 24.0 Å². The molecule has 1 aromatic carbocycles. The molecule has 1 aliphatic rings. The molecule has 4 heteroatoms. The van der Waals surface area contributed by atoms with E-state index in [0.29, 0.717) is 17.4 Å². The Bertz CT molecular complexity index is 450. The van der Waals surface area contributed by atoms with Gasteiger partial charge in [0.2, 0.25) is 0 Å². The monoisotopic (exact) mass is 294 g/mol. The van der Waals surface area contributed by atoms with Crippen LogP contribution in [-0.2, 0) is 0 Å². The number of likely N-dealkylation sites (tertiary alicyclic amines) is 1. The number of nitrogens with one attached hydrogen (secondary N) is 1. The first kappa shape index (κ1) is 16.1. The highest BCUT2D eigenvalue weighted by Gasteiger charge is 2.24. The molecule has 3 nitrogen and oxygen atoms in total. The van der Waals surface area contributed by atoms with Gasteiger partial charge in [-0.05, 0) is 57.3 Å². The van der Waals surface area contributed by atoms with Gasteiger partial charge in [0.15, 0.2) is 0 Å². The molecule has 118 valence electrons. The predicted molar refractivity (Wildman–Crippen MR) is 85.5 cm³/mol. The fourth-order valence-electron chi connectivity index (χ4n) is 3.12. The molecule has 2 atom stereocenters. The first-order valence-electron chi connectivity index (χ1n) is 7.96. The summed E-state index contributed by atoms with van der Waals surface area (Å²) in [5.74, 6) is 1.03. The molecular formula is C17H27FN2O. The van der Waals surface area contributed by atoms with Gasteiger partial charge in [0.05, 0.1) is 12.8 Å². The number of benzene rings is 1. The normalized spacial score (nSPS) is 21.0. The van der Waals surface area contributed by atoms with Crippen LogP contribution in [0.15, 0.2) is 18.2 Å². The van der Waals surface area contributed by atoms with Gasteiger partial charge in [-0.15, -0.1) is 0 Å². The summed E-state index contributed by atoms with van der Waals surface area (Å²) in [6.07, 6.45) is 3.64. The van der Waals surface area contributed by atoms with Crippen LogP contribution in [0.1, 0.15) is 33.1 Å². The van der Waals surface area contributed by atoms with E-state index in [0.717, 1.165) is 13.1 Å². The maximum absolute atomic E-state index is 13.9. The van der Waals surface area contributed by atoms with Gasteiger partial charge in [0.25, 0.3) is 0 Å². The Kier molecular flexibility index (Phi) is 5.85. The SMILES string of the molecule is CCCN1CCCC(C(C)Nc2cc(OC)ccc2F)C1. The number of hydrogen-bond donors (Lipinski definition) is 1. The summed E-state index contributed by atoms with van der Waals surface area (Å²) in [4.78, 5) is 2.52. The number of piperidine rings is 1. The molecule has 1 aromatic rings. The maximum Gasteiger partial charge on any atom is 0.146 e. The Hall–Kier alpha value is -1.29. The summed E-state index contributed by atoms with van der Waals surface area (Å²) in [5.41, 5.74) is 0.537. The number of ether oxygens (including phenoxy) is 1. The summed E-state index contributed by atoms with van der Waals surface area (Å²) in [6.45, 7) is 7.84. The van der Waals surface area contributed by atoms with Crippen molar-refractivity contribution in [3.8, 4) is 5.75 Å². The standard InChI is InChI=1S/C17H27FN2O/c1-4-9-20-10-5-6-14(12-20)13(2)19-17-11-15(21-3)7-8-16(17)18/h7-8,11,13-14,19H,4-6,9-10,12H2,1-3H3. The summed E-state index contributed by atoms with van der Waals surface area (Å²) in [6, 6.07) is 5.09. The number of hydrogen-bond acceptors (Lipinski definition) is 3. The Morgan fingerprint density at radius 3 is 3.00 bits per heavy atom. The van der Waals surface area contributed by atoms with Crippen molar-refractivity contribution in [3.63, 3.8) is 0 Å². The maximum atomic E-state index is 13.9. The summed E-state index contributed by atoms with van der Waals surface area (Å²) in [7, 11) is 1.60. The molecule has 0 radical (unpaired) electrons. The Labute approximate surface area is 127 Å². The van der Waals surface area contributed by atoms with Crippen LogP contribution in [-0.4, -0.2) is 37.7 Å². The molecule has 1 heterocycles. The van der Waals surface area contributed by atoms with Gasteiger partial charge >= 0.3 is 0 Å². The van der Waals surface area contributed by atoms with Crippen molar-refractivity contribution in [1.29, 1.82) is 0 Å². The lowest BCUT2D eigenvalue weighted by molar-refractivity contribution is 0.165. The van der Waals surface area contributed by atoms with Crippen LogP contribution in [0.2, 0.25) is 0 Å². The zero-order valence-corrected chi connectivity index (χ0v) is 13.4. The van der Waals surface area contributed by atoms with Gasteiger partial charge < -0.3 is 15.0 Å². The smallest absolute Gasteiger partial charge is 0.146 e. The number of methoxy groups -OCH3 is 1. The lowest BCUT2D eigenvalue weighted by Gasteiger charge is -2.36. The van der Waals surface area contributed by atoms with E-state index in [-0.39, 0.29) is 11.9 Å². The fraction of sp³-hybridized carbons (Fsp3) is 0.647. The van der Waals surface area contributed by atoms with Crippen LogP contribution >= 0.6 is 0 Å². The molecule has 0 amide bonds. The molecular weight excluding hydrogens is 267 g/mol. The van der Waals surface area contributed by atoms with Crippen LogP contribution < -0.4 is 10.1 Å². The van der Waals surface area contributed by atoms with E-state index in [4.69, 9.17) is 4.74 Å². The molecule has 0 aromatic heterocycles.